The Morgan fingerprint density at radius 3 is 2.57 bits per heavy atom. The van der Waals surface area contributed by atoms with Gasteiger partial charge in [-0.1, -0.05) is 6.08 Å². The second-order valence-corrected chi connectivity index (χ2v) is 1.02. The first-order valence-corrected chi connectivity index (χ1v) is 1.98. The molecule has 0 aromatic rings. The largest absolute Gasteiger partial charge is 0.356 e. The van der Waals surface area contributed by atoms with Gasteiger partial charge in [-0.25, -0.2) is 0 Å². The van der Waals surface area contributed by atoms with Crippen LogP contribution < -0.4 is 5.32 Å². The van der Waals surface area contributed by atoms with Crippen molar-refractivity contribution in [3.63, 3.8) is 0 Å². The number of hydrogen-bond donors (Lipinski definition) is 1. The fourth-order valence-electron chi connectivity index (χ4n) is 0.190. The highest BCUT2D eigenvalue weighted by molar-refractivity contribution is 5.87. The topological polar surface area (TPSA) is 29.1 Å². The quantitative estimate of drug-likeness (QED) is 0.464. The van der Waals surface area contributed by atoms with Crippen LogP contribution in [0.1, 0.15) is 0 Å². The average Bonchev–Trinajstić information content (AvgIpc) is 1.68. The van der Waals surface area contributed by atoms with Crippen molar-refractivity contribution in [1.82, 2.24) is 5.32 Å². The molecule has 0 rings (SSSR count). The number of carbonyl (C=O) groups excluding carboxylic acids is 1. The molecule has 2 nitrogen and oxygen atoms in total. The van der Waals surface area contributed by atoms with Crippen molar-refractivity contribution in [2.45, 2.75) is 0 Å². The Morgan fingerprint density at radius 2 is 2.43 bits per heavy atom. The molecule has 0 unspecified atom stereocenters. The standard InChI is InChI=1S/C5H8NO/c1-3-4-5(7)6-2/h3-4H,1H2,2H3,(H,6,7)/b4-3+. The van der Waals surface area contributed by atoms with Crippen molar-refractivity contribution in [2.75, 3.05) is 7.05 Å². The van der Waals surface area contributed by atoms with Crippen LogP contribution in [0.2, 0.25) is 0 Å². The number of carbonyl (C=O) groups is 1. The molecule has 0 bridgehead atoms. The molecule has 1 amide bonds. The van der Waals surface area contributed by atoms with Crippen molar-refractivity contribution in [2.24, 2.45) is 0 Å². The molecule has 0 aromatic carbocycles. The molecule has 0 heterocycles. The van der Waals surface area contributed by atoms with Crippen LogP contribution in [0.15, 0.2) is 12.2 Å². The van der Waals surface area contributed by atoms with Crippen LogP contribution in [0.4, 0.5) is 0 Å². The highest BCUT2D eigenvalue weighted by Gasteiger charge is 1.81. The van der Waals surface area contributed by atoms with Crippen molar-refractivity contribution in [3.8, 4) is 0 Å². The lowest BCUT2D eigenvalue weighted by Crippen LogP contribution is -2.13. The van der Waals surface area contributed by atoms with E-state index < -0.39 is 0 Å². The summed E-state index contributed by atoms with van der Waals surface area (Å²) in [5.74, 6) is -0.116. The number of hydrogen-bond acceptors (Lipinski definition) is 1. The van der Waals surface area contributed by atoms with Crippen molar-refractivity contribution in [3.05, 3.63) is 19.1 Å². The lowest BCUT2D eigenvalue weighted by molar-refractivity contribution is -0.116. The monoisotopic (exact) mass is 98.1 g/mol. The zero-order valence-electron chi connectivity index (χ0n) is 4.27. The molecule has 1 radical (unpaired) electrons. The van der Waals surface area contributed by atoms with E-state index in [1.807, 2.05) is 0 Å². The Balaban J connectivity index is 3.37. The zero-order chi connectivity index (χ0) is 5.70. The van der Waals surface area contributed by atoms with Gasteiger partial charge in [-0.15, -0.1) is 0 Å². The molecular weight excluding hydrogens is 90.1 g/mol. The van der Waals surface area contributed by atoms with Crippen LogP contribution >= 0.6 is 0 Å². The third kappa shape index (κ3) is 3.03. The summed E-state index contributed by atoms with van der Waals surface area (Å²) in [7, 11) is 1.57. The highest BCUT2D eigenvalue weighted by Crippen LogP contribution is 1.65. The average molecular weight is 98.1 g/mol. The number of rotatable bonds is 1. The van der Waals surface area contributed by atoms with Gasteiger partial charge in [0.05, 0.1) is 0 Å². The molecule has 0 saturated heterocycles. The Hall–Kier alpha value is -0.790. The van der Waals surface area contributed by atoms with Crippen LogP contribution in [-0.4, -0.2) is 13.0 Å². The van der Waals surface area contributed by atoms with Gasteiger partial charge >= 0.3 is 0 Å². The van der Waals surface area contributed by atoms with Gasteiger partial charge in [0, 0.05) is 7.05 Å². The Bertz CT molecular complexity index is 86.1. The van der Waals surface area contributed by atoms with E-state index in [1.165, 1.54) is 12.2 Å². The second kappa shape index (κ2) is 3.40. The normalized spacial score (nSPS) is 9.43. The Kier molecular flexibility index (Phi) is 3.02. The minimum Gasteiger partial charge on any atom is -0.356 e. The maximum Gasteiger partial charge on any atom is 0.243 e. The molecule has 0 spiro atoms. The number of allylic oxidation sites excluding steroid dienone is 1. The zero-order valence-corrected chi connectivity index (χ0v) is 4.27. The third-order valence-electron chi connectivity index (χ3n) is 0.516. The summed E-state index contributed by atoms with van der Waals surface area (Å²) in [4.78, 5) is 10.2. The van der Waals surface area contributed by atoms with E-state index in [1.54, 1.807) is 7.05 Å². The fraction of sp³-hybridized carbons (Fsp3) is 0.200. The minimum absolute atomic E-state index is 0.116. The van der Waals surface area contributed by atoms with Crippen LogP contribution in [0.3, 0.4) is 0 Å². The summed E-state index contributed by atoms with van der Waals surface area (Å²) in [6.45, 7) is 3.33. The SMILES string of the molecule is [CH2]/C=C/C(=O)NC. The van der Waals surface area contributed by atoms with Crippen LogP contribution in [0.25, 0.3) is 0 Å². The molecule has 1 N–H and O–H groups in total. The van der Waals surface area contributed by atoms with Gasteiger partial charge in [0.25, 0.3) is 0 Å². The molecule has 0 saturated carbocycles. The fourth-order valence-corrected chi connectivity index (χ4v) is 0.190. The maximum absolute atomic E-state index is 10.2. The van der Waals surface area contributed by atoms with E-state index in [2.05, 4.69) is 12.2 Å². The first-order valence-electron chi connectivity index (χ1n) is 1.98. The second-order valence-electron chi connectivity index (χ2n) is 1.02. The molecule has 2 heteroatoms. The van der Waals surface area contributed by atoms with Gasteiger partial charge in [-0.2, -0.15) is 0 Å². The lowest BCUT2D eigenvalue weighted by atomic mass is 10.5. The van der Waals surface area contributed by atoms with E-state index in [0.717, 1.165) is 0 Å². The van der Waals surface area contributed by atoms with E-state index in [0.29, 0.717) is 0 Å². The van der Waals surface area contributed by atoms with Gasteiger partial charge < -0.3 is 5.32 Å². The molecule has 0 fully saturated rings. The first-order chi connectivity index (χ1) is 3.31. The van der Waals surface area contributed by atoms with E-state index in [4.69, 9.17) is 0 Å². The molecule has 0 atom stereocenters. The van der Waals surface area contributed by atoms with Crippen LogP contribution in [0.5, 0.6) is 0 Å². The van der Waals surface area contributed by atoms with E-state index in [9.17, 15) is 4.79 Å². The lowest BCUT2D eigenvalue weighted by Gasteiger charge is -1.84. The summed E-state index contributed by atoms with van der Waals surface area (Å²) in [6, 6.07) is 0. The summed E-state index contributed by atoms with van der Waals surface area (Å²) in [6.07, 6.45) is 2.80. The van der Waals surface area contributed by atoms with Gasteiger partial charge in [-0.05, 0) is 13.0 Å². The number of nitrogens with one attached hydrogen (secondary N) is 1. The number of amides is 1. The Morgan fingerprint density at radius 1 is 1.86 bits per heavy atom. The predicted octanol–water partition coefficient (Wildman–Crippen LogP) is 0.123. The Labute approximate surface area is 43.2 Å². The van der Waals surface area contributed by atoms with Gasteiger partial charge in [-0.3, -0.25) is 4.79 Å². The first kappa shape index (κ1) is 6.21. The molecular formula is C5H8NO. The summed E-state index contributed by atoms with van der Waals surface area (Å²) in [5, 5.41) is 2.40. The molecule has 7 heavy (non-hydrogen) atoms. The molecule has 0 aliphatic heterocycles. The van der Waals surface area contributed by atoms with Crippen LogP contribution in [-0.2, 0) is 4.79 Å². The smallest absolute Gasteiger partial charge is 0.243 e. The van der Waals surface area contributed by atoms with Gasteiger partial charge in [0.2, 0.25) is 5.91 Å². The van der Waals surface area contributed by atoms with E-state index in [-0.39, 0.29) is 5.91 Å². The van der Waals surface area contributed by atoms with E-state index >= 15 is 0 Å². The van der Waals surface area contributed by atoms with Crippen LogP contribution in [0, 0.1) is 6.92 Å². The maximum atomic E-state index is 10.2. The third-order valence-corrected chi connectivity index (χ3v) is 0.516. The van der Waals surface area contributed by atoms with Crippen molar-refractivity contribution < 1.29 is 4.79 Å². The summed E-state index contributed by atoms with van der Waals surface area (Å²) >= 11 is 0. The summed E-state index contributed by atoms with van der Waals surface area (Å²) in [5.41, 5.74) is 0. The minimum atomic E-state index is -0.116. The van der Waals surface area contributed by atoms with Crippen molar-refractivity contribution >= 4 is 5.91 Å². The summed E-state index contributed by atoms with van der Waals surface area (Å²) < 4.78 is 0. The molecule has 0 aliphatic carbocycles. The number of likely N-dealkylation sites (N-methyl/N-ethyl adjacent to an activating group) is 1. The predicted molar refractivity (Wildman–Crippen MR) is 28.6 cm³/mol. The molecule has 0 aromatic heterocycles. The van der Waals surface area contributed by atoms with Gasteiger partial charge in [0.1, 0.15) is 0 Å². The van der Waals surface area contributed by atoms with Crippen molar-refractivity contribution in [1.29, 1.82) is 0 Å². The van der Waals surface area contributed by atoms with Gasteiger partial charge in [0.15, 0.2) is 0 Å². The molecule has 0 aliphatic rings. The highest BCUT2D eigenvalue weighted by atomic mass is 16.1. The molecule has 39 valence electrons.